The predicted molar refractivity (Wildman–Crippen MR) is 130 cm³/mol. The molecule has 0 aliphatic carbocycles. The Hall–Kier alpha value is -3.87. The third-order valence-corrected chi connectivity index (χ3v) is 6.05. The first-order valence-electron chi connectivity index (χ1n) is 10.8. The van der Waals surface area contributed by atoms with Crippen molar-refractivity contribution in [1.29, 1.82) is 0 Å². The van der Waals surface area contributed by atoms with Crippen LogP contribution in [-0.4, -0.2) is 31.3 Å². The largest absolute Gasteiger partial charge is 0.495 e. The molecule has 6 nitrogen and oxygen atoms in total. The minimum absolute atomic E-state index is 0.0409. The van der Waals surface area contributed by atoms with Gasteiger partial charge in [-0.05, 0) is 74.4 Å². The fourth-order valence-electron chi connectivity index (χ4n) is 4.20. The number of aliphatic hydroxyl groups excluding tert-OH is 1. The smallest absolute Gasteiger partial charge is 0.179 e. The lowest BCUT2D eigenvalue weighted by Crippen LogP contribution is -2.28. The Morgan fingerprint density at radius 3 is 2.61 bits per heavy atom. The highest BCUT2D eigenvalue weighted by atomic mass is 19.1. The van der Waals surface area contributed by atoms with E-state index >= 15 is 0 Å². The number of benzene rings is 2. The van der Waals surface area contributed by atoms with Gasteiger partial charge in [-0.2, -0.15) is 5.10 Å². The fourth-order valence-corrected chi connectivity index (χ4v) is 4.20. The third-order valence-electron chi connectivity index (χ3n) is 6.05. The molecule has 0 saturated heterocycles. The minimum atomic E-state index is -0.293. The van der Waals surface area contributed by atoms with Gasteiger partial charge < -0.3 is 15.7 Å². The first-order chi connectivity index (χ1) is 15.7. The molecule has 33 heavy (non-hydrogen) atoms. The molecule has 2 heterocycles. The first kappa shape index (κ1) is 22.3. The van der Waals surface area contributed by atoms with Crippen LogP contribution in [0.2, 0.25) is 0 Å². The van der Waals surface area contributed by atoms with Crippen molar-refractivity contribution in [2.45, 2.75) is 26.3 Å². The molecule has 1 atom stereocenters. The van der Waals surface area contributed by atoms with Crippen LogP contribution in [0.4, 0.5) is 10.1 Å². The van der Waals surface area contributed by atoms with Gasteiger partial charge >= 0.3 is 0 Å². The zero-order valence-electron chi connectivity index (χ0n) is 19.1. The van der Waals surface area contributed by atoms with Crippen LogP contribution in [0, 0.1) is 12.7 Å². The highest BCUT2D eigenvalue weighted by molar-refractivity contribution is 5.95. The van der Waals surface area contributed by atoms with Gasteiger partial charge in [-0.3, -0.25) is 9.67 Å². The number of hydrogen-bond acceptors (Lipinski definition) is 5. The maximum absolute atomic E-state index is 13.3. The Morgan fingerprint density at radius 2 is 1.94 bits per heavy atom. The van der Waals surface area contributed by atoms with Gasteiger partial charge in [0, 0.05) is 42.1 Å². The average molecular weight is 446 g/mol. The molecule has 4 rings (SSSR count). The standard InChI is InChI=1S/C26H28FN5O/c1-16-13-21(9-11-29-16)26-23-14-20(24(28)15-25(23)31(4)30-26)10-12-32(18(3)33)17(2)19-5-7-22(27)8-6-19/h5-9,11,13-15,17,33H,3,10,12,28H2,1-2,4H3/t17-/m1/s1. The van der Waals surface area contributed by atoms with Crippen LogP contribution in [0.15, 0.2) is 67.2 Å². The third kappa shape index (κ3) is 4.53. The second-order valence-electron chi connectivity index (χ2n) is 8.31. The van der Waals surface area contributed by atoms with Gasteiger partial charge in [0.25, 0.3) is 0 Å². The average Bonchev–Trinajstić information content (AvgIpc) is 3.09. The van der Waals surface area contributed by atoms with Crippen molar-refractivity contribution in [3.05, 3.63) is 89.8 Å². The Kier molecular flexibility index (Phi) is 6.05. The monoisotopic (exact) mass is 445 g/mol. The molecule has 170 valence electrons. The molecule has 2 aromatic carbocycles. The normalized spacial score (nSPS) is 12.1. The molecule has 2 aromatic heterocycles. The van der Waals surface area contributed by atoms with Crippen molar-refractivity contribution in [2.75, 3.05) is 12.3 Å². The number of fused-ring (bicyclic) bond motifs is 1. The molecule has 0 bridgehead atoms. The van der Waals surface area contributed by atoms with E-state index in [0.29, 0.717) is 18.7 Å². The number of halogens is 1. The van der Waals surface area contributed by atoms with Crippen LogP contribution in [0.5, 0.6) is 0 Å². The summed E-state index contributed by atoms with van der Waals surface area (Å²) >= 11 is 0. The van der Waals surface area contributed by atoms with Gasteiger partial charge in [0.2, 0.25) is 0 Å². The molecule has 0 aliphatic heterocycles. The van der Waals surface area contributed by atoms with Gasteiger partial charge in [0.1, 0.15) is 11.5 Å². The molecule has 0 amide bonds. The number of nitrogen functional groups attached to an aromatic ring is 1. The van der Waals surface area contributed by atoms with E-state index in [1.54, 1.807) is 23.2 Å². The summed E-state index contributed by atoms with van der Waals surface area (Å²) in [6.07, 6.45) is 2.38. The highest BCUT2D eigenvalue weighted by Gasteiger charge is 2.19. The molecule has 0 aliphatic rings. The molecule has 0 radical (unpaired) electrons. The van der Waals surface area contributed by atoms with Gasteiger partial charge in [0.15, 0.2) is 5.88 Å². The van der Waals surface area contributed by atoms with Crippen molar-refractivity contribution in [1.82, 2.24) is 19.7 Å². The van der Waals surface area contributed by atoms with Crippen LogP contribution in [-0.2, 0) is 13.5 Å². The molecule has 4 aromatic rings. The van der Waals surface area contributed by atoms with Crippen molar-refractivity contribution in [3.63, 3.8) is 0 Å². The van der Waals surface area contributed by atoms with E-state index in [9.17, 15) is 9.50 Å². The molecule has 0 spiro atoms. The molecule has 7 heteroatoms. The van der Waals surface area contributed by atoms with Crippen LogP contribution >= 0.6 is 0 Å². The van der Waals surface area contributed by atoms with E-state index in [2.05, 4.69) is 17.6 Å². The topological polar surface area (TPSA) is 80.2 Å². The lowest BCUT2D eigenvalue weighted by atomic mass is 10.0. The van der Waals surface area contributed by atoms with E-state index in [4.69, 9.17) is 10.8 Å². The number of hydrogen-bond donors (Lipinski definition) is 2. The second kappa shape index (κ2) is 8.94. The number of aromatic nitrogens is 3. The van der Waals surface area contributed by atoms with E-state index in [1.807, 2.05) is 43.8 Å². The number of pyridine rings is 1. The van der Waals surface area contributed by atoms with E-state index < -0.39 is 0 Å². The molecular weight excluding hydrogens is 417 g/mol. The number of aliphatic hydroxyl groups is 1. The van der Waals surface area contributed by atoms with Gasteiger partial charge in [-0.25, -0.2) is 4.39 Å². The second-order valence-corrected chi connectivity index (χ2v) is 8.31. The van der Waals surface area contributed by atoms with E-state index in [-0.39, 0.29) is 17.7 Å². The van der Waals surface area contributed by atoms with E-state index in [1.165, 1.54) is 12.1 Å². The summed E-state index contributed by atoms with van der Waals surface area (Å²) < 4.78 is 15.2. The summed E-state index contributed by atoms with van der Waals surface area (Å²) in [6.45, 7) is 8.13. The molecule has 0 saturated carbocycles. The Labute approximate surface area is 192 Å². The number of anilines is 1. The van der Waals surface area contributed by atoms with Crippen molar-refractivity contribution in [2.24, 2.45) is 7.05 Å². The summed E-state index contributed by atoms with van der Waals surface area (Å²) in [7, 11) is 1.90. The van der Waals surface area contributed by atoms with Crippen LogP contribution in [0.3, 0.4) is 0 Å². The number of rotatable bonds is 7. The lowest BCUT2D eigenvalue weighted by Gasteiger charge is -2.30. The van der Waals surface area contributed by atoms with Crippen molar-refractivity contribution >= 4 is 16.6 Å². The van der Waals surface area contributed by atoms with Crippen LogP contribution in [0.1, 0.15) is 29.8 Å². The summed E-state index contributed by atoms with van der Waals surface area (Å²) in [6, 6.07) is 14.1. The molecule has 0 fully saturated rings. The highest BCUT2D eigenvalue weighted by Crippen LogP contribution is 2.32. The van der Waals surface area contributed by atoms with Gasteiger partial charge in [-0.1, -0.05) is 12.1 Å². The zero-order valence-corrected chi connectivity index (χ0v) is 19.1. The van der Waals surface area contributed by atoms with Crippen molar-refractivity contribution in [3.8, 4) is 11.3 Å². The molecule has 3 N–H and O–H groups in total. The van der Waals surface area contributed by atoms with Crippen LogP contribution < -0.4 is 5.73 Å². The Morgan fingerprint density at radius 1 is 1.21 bits per heavy atom. The predicted octanol–water partition coefficient (Wildman–Crippen LogP) is 5.30. The quantitative estimate of drug-likeness (QED) is 0.298. The Bertz CT molecular complexity index is 1310. The van der Waals surface area contributed by atoms with Gasteiger partial charge in [0.05, 0.1) is 11.6 Å². The van der Waals surface area contributed by atoms with Crippen LogP contribution in [0.25, 0.3) is 22.2 Å². The first-order valence-corrected chi connectivity index (χ1v) is 10.8. The zero-order chi connectivity index (χ0) is 23.7. The van der Waals surface area contributed by atoms with E-state index in [0.717, 1.165) is 39.0 Å². The number of nitrogens with zero attached hydrogens (tertiary/aromatic N) is 4. The summed E-state index contributed by atoms with van der Waals surface area (Å²) in [4.78, 5) is 6.07. The molecule has 0 unspecified atom stereocenters. The van der Waals surface area contributed by atoms with Gasteiger partial charge in [-0.15, -0.1) is 0 Å². The lowest BCUT2D eigenvalue weighted by molar-refractivity contribution is 0.163. The number of nitrogens with two attached hydrogens (primary N) is 1. The molecular formula is C26H28FN5O. The SMILES string of the molecule is C=C(O)N(CCc1cc2c(-c3ccnc(C)c3)nn(C)c2cc1N)[C@H](C)c1ccc(F)cc1. The number of aryl methyl sites for hydroxylation is 2. The Balaban J connectivity index is 1.65. The fraction of sp³-hybridized carbons (Fsp3) is 0.231. The van der Waals surface area contributed by atoms with Crippen molar-refractivity contribution < 1.29 is 9.50 Å². The summed E-state index contributed by atoms with van der Waals surface area (Å²) in [5, 5.41) is 16.0. The summed E-state index contributed by atoms with van der Waals surface area (Å²) in [5.41, 5.74) is 12.7. The maximum Gasteiger partial charge on any atom is 0.179 e. The summed E-state index contributed by atoms with van der Waals surface area (Å²) in [5.74, 6) is -0.334. The minimum Gasteiger partial charge on any atom is -0.495 e. The maximum atomic E-state index is 13.3.